The van der Waals surface area contributed by atoms with Gasteiger partial charge >= 0.3 is 0 Å². The molecule has 19 heavy (non-hydrogen) atoms. The fraction of sp³-hybridized carbons (Fsp3) is 0.286. The number of thiazole rings is 1. The molecule has 0 unspecified atom stereocenters. The lowest BCUT2D eigenvalue weighted by Crippen LogP contribution is -2.13. The van der Waals surface area contributed by atoms with Gasteiger partial charge in [0, 0.05) is 24.7 Å². The minimum absolute atomic E-state index is 0.661. The van der Waals surface area contributed by atoms with Gasteiger partial charge < -0.3 is 10.2 Å². The van der Waals surface area contributed by atoms with Crippen molar-refractivity contribution >= 4 is 22.2 Å². The summed E-state index contributed by atoms with van der Waals surface area (Å²) in [7, 11) is 1.96. The van der Waals surface area contributed by atoms with E-state index in [4.69, 9.17) is 5.26 Å². The van der Waals surface area contributed by atoms with E-state index in [0.29, 0.717) is 5.56 Å². The van der Waals surface area contributed by atoms with E-state index in [0.717, 1.165) is 29.6 Å². The fourth-order valence-corrected chi connectivity index (χ4v) is 2.49. The van der Waals surface area contributed by atoms with E-state index >= 15 is 0 Å². The number of nitriles is 1. The fourth-order valence-electron chi connectivity index (χ4n) is 1.68. The highest BCUT2D eigenvalue weighted by Crippen LogP contribution is 2.27. The van der Waals surface area contributed by atoms with E-state index in [-0.39, 0.29) is 0 Å². The zero-order valence-electron chi connectivity index (χ0n) is 11.1. The van der Waals surface area contributed by atoms with Crippen molar-refractivity contribution in [2.45, 2.75) is 13.5 Å². The van der Waals surface area contributed by atoms with E-state index in [1.165, 1.54) is 0 Å². The van der Waals surface area contributed by atoms with Crippen LogP contribution in [0.1, 0.15) is 18.2 Å². The Morgan fingerprint density at radius 1 is 1.47 bits per heavy atom. The highest BCUT2D eigenvalue weighted by molar-refractivity contribution is 7.13. The van der Waals surface area contributed by atoms with Crippen LogP contribution in [0.4, 0.5) is 10.8 Å². The Morgan fingerprint density at radius 3 is 3.05 bits per heavy atom. The van der Waals surface area contributed by atoms with Gasteiger partial charge in [-0.25, -0.2) is 4.98 Å². The average Bonchev–Trinajstić information content (AvgIpc) is 2.93. The van der Waals surface area contributed by atoms with E-state index in [9.17, 15) is 0 Å². The van der Waals surface area contributed by atoms with Crippen LogP contribution in [-0.4, -0.2) is 18.6 Å². The molecule has 2 aromatic rings. The number of aromatic nitrogens is 1. The molecule has 0 radical (unpaired) electrons. The van der Waals surface area contributed by atoms with Crippen molar-refractivity contribution in [2.24, 2.45) is 0 Å². The molecular weight excluding hydrogens is 256 g/mol. The summed E-state index contributed by atoms with van der Waals surface area (Å²) in [6, 6.07) is 9.69. The molecule has 5 heteroatoms. The molecule has 0 aliphatic heterocycles. The van der Waals surface area contributed by atoms with Crippen molar-refractivity contribution in [3.8, 4) is 6.07 Å². The average molecular weight is 272 g/mol. The summed E-state index contributed by atoms with van der Waals surface area (Å²) in [4.78, 5) is 6.58. The third kappa shape index (κ3) is 3.31. The van der Waals surface area contributed by atoms with Crippen LogP contribution in [0.15, 0.2) is 29.6 Å². The largest absolute Gasteiger partial charge is 0.321 e. The summed E-state index contributed by atoms with van der Waals surface area (Å²) in [6.07, 6.45) is 0. The zero-order valence-corrected chi connectivity index (χ0v) is 11.9. The van der Waals surface area contributed by atoms with Crippen LogP contribution < -0.4 is 10.2 Å². The molecule has 98 valence electrons. The second-order valence-corrected chi connectivity index (χ2v) is 4.96. The van der Waals surface area contributed by atoms with Crippen LogP contribution >= 0.6 is 11.3 Å². The standard InChI is InChI=1S/C14H16N4S/c1-3-16-9-12-10-19-14(17-12)18(2)13-6-4-5-11(7-13)8-15/h4-7,10,16H,3,9H2,1-2H3. The maximum atomic E-state index is 8.93. The van der Waals surface area contributed by atoms with E-state index < -0.39 is 0 Å². The van der Waals surface area contributed by atoms with Gasteiger partial charge in [-0.05, 0) is 24.7 Å². The molecule has 1 aromatic carbocycles. The molecule has 2 rings (SSSR count). The van der Waals surface area contributed by atoms with Gasteiger partial charge in [-0.1, -0.05) is 13.0 Å². The second-order valence-electron chi connectivity index (χ2n) is 4.12. The predicted molar refractivity (Wildman–Crippen MR) is 78.7 cm³/mol. The lowest BCUT2D eigenvalue weighted by molar-refractivity contribution is 0.714. The number of hydrogen-bond acceptors (Lipinski definition) is 5. The van der Waals surface area contributed by atoms with Crippen LogP contribution in [0.5, 0.6) is 0 Å². The van der Waals surface area contributed by atoms with Crippen molar-refractivity contribution in [1.82, 2.24) is 10.3 Å². The molecule has 0 fully saturated rings. The summed E-state index contributed by atoms with van der Waals surface area (Å²) in [6.45, 7) is 3.80. The highest BCUT2D eigenvalue weighted by Gasteiger charge is 2.09. The summed E-state index contributed by atoms with van der Waals surface area (Å²) < 4.78 is 0. The van der Waals surface area contributed by atoms with Crippen molar-refractivity contribution < 1.29 is 0 Å². The lowest BCUT2D eigenvalue weighted by Gasteiger charge is -2.15. The predicted octanol–water partition coefficient (Wildman–Crippen LogP) is 2.89. The first-order chi connectivity index (χ1) is 9.24. The van der Waals surface area contributed by atoms with Crippen molar-refractivity contribution in [3.05, 3.63) is 40.9 Å². The maximum absolute atomic E-state index is 8.93. The summed E-state index contributed by atoms with van der Waals surface area (Å²) in [5.74, 6) is 0. The molecule has 0 spiro atoms. The topological polar surface area (TPSA) is 52.0 Å². The summed E-state index contributed by atoms with van der Waals surface area (Å²) in [5.41, 5.74) is 2.68. The van der Waals surface area contributed by atoms with Crippen LogP contribution in [0.25, 0.3) is 0 Å². The first-order valence-electron chi connectivity index (χ1n) is 6.13. The van der Waals surface area contributed by atoms with Gasteiger partial charge in [-0.3, -0.25) is 0 Å². The molecule has 0 aliphatic rings. The minimum Gasteiger partial charge on any atom is -0.321 e. The Bertz CT molecular complexity index is 585. The van der Waals surface area contributed by atoms with Crippen LogP contribution in [0.2, 0.25) is 0 Å². The van der Waals surface area contributed by atoms with Gasteiger partial charge in [0.05, 0.1) is 17.3 Å². The molecule has 0 bridgehead atoms. The summed E-state index contributed by atoms with van der Waals surface area (Å²) >= 11 is 1.61. The molecule has 0 saturated carbocycles. The SMILES string of the molecule is CCNCc1csc(N(C)c2cccc(C#N)c2)n1. The van der Waals surface area contributed by atoms with E-state index in [1.807, 2.05) is 30.1 Å². The van der Waals surface area contributed by atoms with Gasteiger partial charge in [0.1, 0.15) is 0 Å². The van der Waals surface area contributed by atoms with E-state index in [1.54, 1.807) is 17.4 Å². The molecular formula is C14H16N4S. The molecule has 0 amide bonds. The lowest BCUT2D eigenvalue weighted by atomic mass is 10.2. The van der Waals surface area contributed by atoms with Crippen molar-refractivity contribution in [3.63, 3.8) is 0 Å². The van der Waals surface area contributed by atoms with Gasteiger partial charge in [0.25, 0.3) is 0 Å². The Labute approximate surface area is 117 Å². The van der Waals surface area contributed by atoms with Crippen molar-refractivity contribution in [1.29, 1.82) is 5.26 Å². The zero-order chi connectivity index (χ0) is 13.7. The Balaban J connectivity index is 2.16. The summed E-state index contributed by atoms with van der Waals surface area (Å²) in [5, 5.41) is 15.2. The van der Waals surface area contributed by atoms with E-state index in [2.05, 4.69) is 28.7 Å². The Morgan fingerprint density at radius 2 is 2.32 bits per heavy atom. The number of benzene rings is 1. The molecule has 0 saturated heterocycles. The maximum Gasteiger partial charge on any atom is 0.189 e. The smallest absolute Gasteiger partial charge is 0.189 e. The third-order valence-electron chi connectivity index (χ3n) is 2.75. The Kier molecular flexibility index (Phi) is 4.50. The first-order valence-corrected chi connectivity index (χ1v) is 7.01. The quantitative estimate of drug-likeness (QED) is 0.909. The molecule has 1 heterocycles. The van der Waals surface area contributed by atoms with Gasteiger partial charge in [0.2, 0.25) is 0 Å². The van der Waals surface area contributed by atoms with Gasteiger partial charge in [-0.2, -0.15) is 5.26 Å². The molecule has 1 aromatic heterocycles. The molecule has 0 aliphatic carbocycles. The van der Waals surface area contributed by atoms with Crippen LogP contribution in [0, 0.1) is 11.3 Å². The van der Waals surface area contributed by atoms with Gasteiger partial charge in [-0.15, -0.1) is 11.3 Å². The normalized spacial score (nSPS) is 10.2. The van der Waals surface area contributed by atoms with Crippen molar-refractivity contribution in [2.75, 3.05) is 18.5 Å². The molecule has 0 atom stereocenters. The number of anilines is 2. The van der Waals surface area contributed by atoms with Crippen LogP contribution in [-0.2, 0) is 6.54 Å². The first kappa shape index (κ1) is 13.5. The monoisotopic (exact) mass is 272 g/mol. The number of hydrogen-bond donors (Lipinski definition) is 1. The third-order valence-corrected chi connectivity index (χ3v) is 3.71. The highest BCUT2D eigenvalue weighted by atomic mass is 32.1. The number of nitrogens with zero attached hydrogens (tertiary/aromatic N) is 3. The Hall–Kier alpha value is -1.90. The van der Waals surface area contributed by atoms with Gasteiger partial charge in [0.15, 0.2) is 5.13 Å². The number of nitrogens with one attached hydrogen (secondary N) is 1. The second kappa shape index (κ2) is 6.32. The van der Waals surface area contributed by atoms with Crippen LogP contribution in [0.3, 0.4) is 0 Å². The minimum atomic E-state index is 0.661. The molecule has 1 N–H and O–H groups in total. The molecule has 4 nitrogen and oxygen atoms in total. The number of rotatable bonds is 5.